The van der Waals surface area contributed by atoms with Gasteiger partial charge in [-0.1, -0.05) is 11.6 Å². The quantitative estimate of drug-likeness (QED) is 0.755. The first-order valence-electron chi connectivity index (χ1n) is 8.32. The van der Waals surface area contributed by atoms with E-state index < -0.39 is 15.8 Å². The van der Waals surface area contributed by atoms with Gasteiger partial charge in [0.2, 0.25) is 15.9 Å². The average molecular weight is 413 g/mol. The molecule has 2 aromatic rings. The first-order chi connectivity index (χ1) is 12.8. The summed E-state index contributed by atoms with van der Waals surface area (Å²) in [6.45, 7) is 0.360. The molecule has 1 saturated heterocycles. The Bertz CT molecular complexity index is 942. The summed E-state index contributed by atoms with van der Waals surface area (Å²) in [5, 5.41) is 12.8. The number of aromatic hydroxyl groups is 1. The summed E-state index contributed by atoms with van der Waals surface area (Å²) in [6.07, 6.45) is 0.682. The lowest BCUT2D eigenvalue weighted by molar-refractivity contribution is -0.120. The number of nitrogens with zero attached hydrogens (tertiary/aromatic N) is 1. The number of hydrogen-bond acceptors (Lipinski definition) is 4. The normalized spacial score (nSPS) is 16.2. The molecular formula is C18H18ClFN2O4S. The molecule has 27 heavy (non-hydrogen) atoms. The lowest BCUT2D eigenvalue weighted by atomic mass is 9.97. The number of nitrogens with one attached hydrogen (secondary N) is 1. The van der Waals surface area contributed by atoms with E-state index in [0.29, 0.717) is 17.9 Å². The van der Waals surface area contributed by atoms with E-state index in [-0.39, 0.29) is 41.2 Å². The van der Waals surface area contributed by atoms with Gasteiger partial charge in [-0.05, 0) is 55.3 Å². The molecule has 1 aliphatic rings. The number of amides is 1. The number of rotatable bonds is 4. The first kappa shape index (κ1) is 19.6. The molecule has 0 spiro atoms. The van der Waals surface area contributed by atoms with E-state index in [0.717, 1.165) is 12.1 Å². The summed E-state index contributed by atoms with van der Waals surface area (Å²) in [5.74, 6) is -1.29. The molecule has 0 bridgehead atoms. The molecule has 3 rings (SSSR count). The average Bonchev–Trinajstić information content (AvgIpc) is 2.65. The van der Waals surface area contributed by atoms with Gasteiger partial charge in [-0.25, -0.2) is 12.8 Å². The Hall–Kier alpha value is -2.16. The molecule has 9 heteroatoms. The lowest BCUT2D eigenvalue weighted by Crippen LogP contribution is -2.41. The number of piperidine rings is 1. The van der Waals surface area contributed by atoms with Crippen LogP contribution in [0.1, 0.15) is 12.8 Å². The number of hydrogen-bond donors (Lipinski definition) is 2. The van der Waals surface area contributed by atoms with E-state index in [1.54, 1.807) is 0 Å². The molecule has 0 saturated carbocycles. The highest BCUT2D eigenvalue weighted by molar-refractivity contribution is 7.89. The fraction of sp³-hybridized carbons (Fsp3) is 0.278. The Morgan fingerprint density at radius 2 is 1.78 bits per heavy atom. The number of halogens is 2. The van der Waals surface area contributed by atoms with Crippen LogP contribution in [0.15, 0.2) is 47.4 Å². The number of carbonyl (C=O) groups excluding carboxylic acids is 1. The Kier molecular flexibility index (Phi) is 5.69. The molecule has 6 nitrogen and oxygen atoms in total. The summed E-state index contributed by atoms with van der Waals surface area (Å²) >= 11 is 5.86. The van der Waals surface area contributed by atoms with E-state index in [1.807, 2.05) is 0 Å². The van der Waals surface area contributed by atoms with Crippen LogP contribution in [0.4, 0.5) is 10.1 Å². The first-order valence-corrected chi connectivity index (χ1v) is 10.1. The van der Waals surface area contributed by atoms with Gasteiger partial charge in [0.05, 0.1) is 10.6 Å². The van der Waals surface area contributed by atoms with Gasteiger partial charge < -0.3 is 10.4 Å². The van der Waals surface area contributed by atoms with Crippen LogP contribution in [0.25, 0.3) is 0 Å². The molecule has 2 N–H and O–H groups in total. The number of anilines is 1. The van der Waals surface area contributed by atoms with Crippen molar-refractivity contribution in [3.05, 3.63) is 53.3 Å². The molecule has 0 aliphatic carbocycles. The number of phenolic OH excluding ortho intramolecular Hbond substituents is 1. The highest BCUT2D eigenvalue weighted by Gasteiger charge is 2.32. The second-order valence-corrected chi connectivity index (χ2v) is 8.66. The maximum atomic E-state index is 13.0. The van der Waals surface area contributed by atoms with Crippen LogP contribution in [-0.2, 0) is 14.8 Å². The summed E-state index contributed by atoms with van der Waals surface area (Å²) in [5.41, 5.74) is 0.217. The van der Waals surface area contributed by atoms with Gasteiger partial charge in [-0.2, -0.15) is 4.31 Å². The summed E-state index contributed by atoms with van der Waals surface area (Å²) in [4.78, 5) is 12.4. The van der Waals surface area contributed by atoms with Crippen molar-refractivity contribution in [1.82, 2.24) is 4.31 Å². The monoisotopic (exact) mass is 412 g/mol. The van der Waals surface area contributed by atoms with E-state index >= 15 is 0 Å². The molecule has 1 fully saturated rings. The molecule has 0 radical (unpaired) electrons. The van der Waals surface area contributed by atoms with E-state index in [1.165, 1.54) is 34.6 Å². The second-order valence-electron chi connectivity index (χ2n) is 6.28. The van der Waals surface area contributed by atoms with Gasteiger partial charge in [-0.15, -0.1) is 0 Å². The van der Waals surface area contributed by atoms with Gasteiger partial charge in [0.15, 0.2) is 0 Å². The highest BCUT2D eigenvalue weighted by atomic mass is 35.5. The minimum Gasteiger partial charge on any atom is -0.506 e. The number of carbonyl (C=O) groups is 1. The molecule has 1 aliphatic heterocycles. The van der Waals surface area contributed by atoms with Crippen molar-refractivity contribution in [2.75, 3.05) is 18.4 Å². The van der Waals surface area contributed by atoms with Crippen molar-refractivity contribution in [3.8, 4) is 5.75 Å². The van der Waals surface area contributed by atoms with Crippen LogP contribution in [0.2, 0.25) is 5.02 Å². The zero-order valence-corrected chi connectivity index (χ0v) is 15.8. The van der Waals surface area contributed by atoms with Crippen LogP contribution < -0.4 is 5.32 Å². The molecular weight excluding hydrogens is 395 g/mol. The van der Waals surface area contributed by atoms with Gasteiger partial charge in [0.25, 0.3) is 0 Å². The molecule has 2 aromatic carbocycles. The fourth-order valence-electron chi connectivity index (χ4n) is 2.96. The van der Waals surface area contributed by atoms with Gasteiger partial charge in [0.1, 0.15) is 11.6 Å². The molecule has 144 valence electrons. The fourth-order valence-corrected chi connectivity index (χ4v) is 4.60. The van der Waals surface area contributed by atoms with Crippen molar-refractivity contribution in [2.45, 2.75) is 17.7 Å². The summed E-state index contributed by atoms with van der Waals surface area (Å²) in [7, 11) is -3.72. The Labute approximate surface area is 161 Å². The van der Waals surface area contributed by atoms with Crippen LogP contribution in [0.3, 0.4) is 0 Å². The van der Waals surface area contributed by atoms with Gasteiger partial charge in [-0.3, -0.25) is 4.79 Å². The second kappa shape index (κ2) is 7.84. The minimum absolute atomic E-state index is 0.0238. The summed E-state index contributed by atoms with van der Waals surface area (Å²) in [6, 6.07) is 9.00. The van der Waals surface area contributed by atoms with Gasteiger partial charge in [0, 0.05) is 24.0 Å². The molecule has 1 amide bonds. The minimum atomic E-state index is -3.72. The van der Waals surface area contributed by atoms with E-state index in [4.69, 9.17) is 11.6 Å². The zero-order chi connectivity index (χ0) is 19.6. The predicted octanol–water partition coefficient (Wildman–Crippen LogP) is 3.22. The molecule has 0 unspecified atom stereocenters. The lowest BCUT2D eigenvalue weighted by Gasteiger charge is -2.30. The van der Waals surface area contributed by atoms with Crippen LogP contribution >= 0.6 is 11.6 Å². The molecule has 0 aromatic heterocycles. The molecule has 1 heterocycles. The Morgan fingerprint density at radius 3 is 2.41 bits per heavy atom. The largest absolute Gasteiger partial charge is 0.506 e. The van der Waals surface area contributed by atoms with Crippen molar-refractivity contribution >= 4 is 33.2 Å². The third kappa shape index (κ3) is 4.40. The van der Waals surface area contributed by atoms with Crippen LogP contribution in [-0.4, -0.2) is 36.8 Å². The van der Waals surface area contributed by atoms with E-state index in [2.05, 4.69) is 5.32 Å². The topological polar surface area (TPSA) is 86.7 Å². The van der Waals surface area contributed by atoms with Gasteiger partial charge >= 0.3 is 0 Å². The maximum Gasteiger partial charge on any atom is 0.243 e. The van der Waals surface area contributed by atoms with Crippen LogP contribution in [0, 0.1) is 11.7 Å². The van der Waals surface area contributed by atoms with Crippen molar-refractivity contribution in [1.29, 1.82) is 0 Å². The summed E-state index contributed by atoms with van der Waals surface area (Å²) < 4.78 is 39.5. The van der Waals surface area contributed by atoms with Crippen molar-refractivity contribution < 1.29 is 22.7 Å². The standard InChI is InChI=1S/C18H18ClFN2O4S/c19-13-1-6-17(23)16(11-13)21-18(24)12-7-9-22(10-8-12)27(25,26)15-4-2-14(20)3-5-15/h1-6,11-12,23H,7-10H2,(H,21,24). The predicted molar refractivity (Wildman–Crippen MR) is 99.6 cm³/mol. The van der Waals surface area contributed by atoms with Crippen LogP contribution in [0.5, 0.6) is 5.75 Å². The maximum absolute atomic E-state index is 13.0. The number of phenols is 1. The number of sulfonamides is 1. The molecule has 0 atom stereocenters. The third-order valence-electron chi connectivity index (χ3n) is 4.49. The van der Waals surface area contributed by atoms with Crippen molar-refractivity contribution in [3.63, 3.8) is 0 Å². The number of benzene rings is 2. The van der Waals surface area contributed by atoms with E-state index in [9.17, 15) is 22.7 Å². The Balaban J connectivity index is 1.63. The Morgan fingerprint density at radius 1 is 1.15 bits per heavy atom. The highest BCUT2D eigenvalue weighted by Crippen LogP contribution is 2.29. The SMILES string of the molecule is O=C(Nc1cc(Cl)ccc1O)C1CCN(S(=O)(=O)c2ccc(F)cc2)CC1. The third-order valence-corrected chi connectivity index (χ3v) is 6.64. The smallest absolute Gasteiger partial charge is 0.243 e. The zero-order valence-electron chi connectivity index (χ0n) is 14.2. The van der Waals surface area contributed by atoms with Crippen molar-refractivity contribution in [2.24, 2.45) is 5.92 Å².